The molecule has 0 saturated carbocycles. The van der Waals surface area contributed by atoms with Crippen molar-refractivity contribution in [1.29, 1.82) is 0 Å². The quantitative estimate of drug-likeness (QED) is 0.502. The topological polar surface area (TPSA) is 24.9 Å². The molecule has 0 atom stereocenters. The van der Waals surface area contributed by atoms with Crippen molar-refractivity contribution in [2.24, 2.45) is 0 Å². The SMILES string of the molecule is Clc1ccc(Nc2nc3ccc4ccccc4c3s2)cc1. The van der Waals surface area contributed by atoms with Gasteiger partial charge in [0.25, 0.3) is 0 Å². The van der Waals surface area contributed by atoms with Crippen molar-refractivity contribution in [3.63, 3.8) is 0 Å². The Morgan fingerprint density at radius 1 is 0.905 bits per heavy atom. The number of fused-ring (bicyclic) bond motifs is 3. The number of nitrogens with zero attached hydrogens (tertiary/aromatic N) is 1. The standard InChI is InChI=1S/C17H11ClN2S/c18-12-6-8-13(9-7-12)19-17-20-15-10-5-11-3-1-2-4-14(11)16(15)21-17/h1-10H,(H,19,20). The van der Waals surface area contributed by atoms with Gasteiger partial charge >= 0.3 is 0 Å². The first-order valence-corrected chi connectivity index (χ1v) is 7.80. The van der Waals surface area contributed by atoms with Gasteiger partial charge in [0.1, 0.15) is 0 Å². The lowest BCUT2D eigenvalue weighted by Crippen LogP contribution is -1.87. The van der Waals surface area contributed by atoms with Crippen molar-refractivity contribution in [3.05, 3.63) is 65.7 Å². The summed E-state index contributed by atoms with van der Waals surface area (Å²) in [4.78, 5) is 4.65. The molecule has 21 heavy (non-hydrogen) atoms. The molecule has 4 aromatic rings. The van der Waals surface area contributed by atoms with Crippen LogP contribution in [0.1, 0.15) is 0 Å². The number of hydrogen-bond donors (Lipinski definition) is 1. The largest absolute Gasteiger partial charge is 0.332 e. The highest BCUT2D eigenvalue weighted by Crippen LogP contribution is 2.33. The van der Waals surface area contributed by atoms with E-state index in [1.165, 1.54) is 15.5 Å². The van der Waals surface area contributed by atoms with Gasteiger partial charge in [-0.2, -0.15) is 0 Å². The fraction of sp³-hybridized carbons (Fsp3) is 0. The van der Waals surface area contributed by atoms with Gasteiger partial charge in [0.05, 0.1) is 10.2 Å². The monoisotopic (exact) mass is 310 g/mol. The van der Waals surface area contributed by atoms with E-state index in [9.17, 15) is 0 Å². The molecule has 1 aromatic heterocycles. The van der Waals surface area contributed by atoms with Gasteiger partial charge < -0.3 is 5.32 Å². The average Bonchev–Trinajstić information content (AvgIpc) is 2.92. The highest BCUT2D eigenvalue weighted by molar-refractivity contribution is 7.23. The van der Waals surface area contributed by atoms with Crippen LogP contribution in [0.15, 0.2) is 60.7 Å². The van der Waals surface area contributed by atoms with E-state index >= 15 is 0 Å². The number of hydrogen-bond acceptors (Lipinski definition) is 3. The number of thiazole rings is 1. The van der Waals surface area contributed by atoms with Gasteiger partial charge in [0, 0.05) is 16.1 Å². The second-order valence-corrected chi connectivity index (χ2v) is 6.22. The minimum atomic E-state index is 0.732. The molecule has 0 aliphatic rings. The predicted molar refractivity (Wildman–Crippen MR) is 91.9 cm³/mol. The van der Waals surface area contributed by atoms with Crippen LogP contribution in [0.25, 0.3) is 21.0 Å². The van der Waals surface area contributed by atoms with Crippen LogP contribution in [0, 0.1) is 0 Å². The molecular formula is C17H11ClN2S. The third kappa shape index (κ3) is 2.35. The molecule has 0 fully saturated rings. The molecular weight excluding hydrogens is 300 g/mol. The summed E-state index contributed by atoms with van der Waals surface area (Å²) in [6.07, 6.45) is 0. The summed E-state index contributed by atoms with van der Waals surface area (Å²) in [7, 11) is 0. The second-order valence-electron chi connectivity index (χ2n) is 4.79. The molecule has 0 radical (unpaired) electrons. The Labute approximate surface area is 131 Å². The number of benzene rings is 3. The normalized spacial score (nSPS) is 11.1. The lowest BCUT2D eigenvalue weighted by atomic mass is 10.1. The minimum absolute atomic E-state index is 0.732. The lowest BCUT2D eigenvalue weighted by molar-refractivity contribution is 1.45. The van der Waals surface area contributed by atoms with Crippen molar-refractivity contribution in [2.45, 2.75) is 0 Å². The molecule has 0 aliphatic heterocycles. The van der Waals surface area contributed by atoms with Crippen molar-refractivity contribution in [3.8, 4) is 0 Å². The highest BCUT2D eigenvalue weighted by Gasteiger charge is 2.07. The maximum Gasteiger partial charge on any atom is 0.188 e. The summed E-state index contributed by atoms with van der Waals surface area (Å²) < 4.78 is 1.21. The predicted octanol–water partition coefficient (Wildman–Crippen LogP) is 5.85. The van der Waals surface area contributed by atoms with Gasteiger partial charge in [-0.3, -0.25) is 0 Å². The van der Waals surface area contributed by atoms with Crippen LogP contribution in [0.4, 0.5) is 10.8 Å². The minimum Gasteiger partial charge on any atom is -0.332 e. The molecule has 0 spiro atoms. The maximum atomic E-state index is 5.90. The smallest absolute Gasteiger partial charge is 0.188 e. The van der Waals surface area contributed by atoms with Gasteiger partial charge in [-0.05, 0) is 35.7 Å². The van der Waals surface area contributed by atoms with Crippen LogP contribution in [-0.4, -0.2) is 4.98 Å². The average molecular weight is 311 g/mol. The molecule has 1 heterocycles. The van der Waals surface area contributed by atoms with E-state index in [1.807, 2.05) is 24.3 Å². The van der Waals surface area contributed by atoms with Gasteiger partial charge in [0.2, 0.25) is 0 Å². The van der Waals surface area contributed by atoms with Gasteiger partial charge in [-0.15, -0.1) is 0 Å². The third-order valence-electron chi connectivity index (χ3n) is 3.38. The Bertz CT molecular complexity index is 928. The summed E-state index contributed by atoms with van der Waals surface area (Å²) in [5, 5.41) is 7.45. The summed E-state index contributed by atoms with van der Waals surface area (Å²) in [5.41, 5.74) is 2.01. The van der Waals surface area contributed by atoms with E-state index in [0.717, 1.165) is 21.4 Å². The number of nitrogens with one attached hydrogen (secondary N) is 1. The van der Waals surface area contributed by atoms with E-state index in [2.05, 4.69) is 46.7 Å². The Balaban J connectivity index is 1.79. The molecule has 0 amide bonds. The van der Waals surface area contributed by atoms with E-state index < -0.39 is 0 Å². The van der Waals surface area contributed by atoms with Gasteiger partial charge in [0.15, 0.2) is 5.13 Å². The van der Waals surface area contributed by atoms with Crippen LogP contribution in [0.5, 0.6) is 0 Å². The fourth-order valence-corrected chi connectivity index (χ4v) is 3.51. The first-order valence-electron chi connectivity index (χ1n) is 6.60. The molecule has 3 aromatic carbocycles. The van der Waals surface area contributed by atoms with Crippen molar-refractivity contribution >= 4 is 54.7 Å². The molecule has 0 unspecified atom stereocenters. The summed E-state index contributed by atoms with van der Waals surface area (Å²) in [6.45, 7) is 0. The first kappa shape index (κ1) is 12.6. The van der Waals surface area contributed by atoms with E-state index in [4.69, 9.17) is 11.6 Å². The van der Waals surface area contributed by atoms with Gasteiger partial charge in [-0.1, -0.05) is 53.3 Å². The zero-order valence-corrected chi connectivity index (χ0v) is 12.6. The highest BCUT2D eigenvalue weighted by atomic mass is 35.5. The Morgan fingerprint density at radius 2 is 1.71 bits per heavy atom. The molecule has 2 nitrogen and oxygen atoms in total. The second kappa shape index (κ2) is 5.02. The molecule has 1 N–H and O–H groups in total. The number of aromatic nitrogens is 1. The van der Waals surface area contributed by atoms with E-state index in [-0.39, 0.29) is 0 Å². The maximum absolute atomic E-state index is 5.90. The van der Waals surface area contributed by atoms with E-state index in [1.54, 1.807) is 11.3 Å². The lowest BCUT2D eigenvalue weighted by Gasteiger charge is -2.01. The summed E-state index contributed by atoms with van der Waals surface area (Å²) in [5.74, 6) is 0. The van der Waals surface area contributed by atoms with Crippen LogP contribution in [0.3, 0.4) is 0 Å². The molecule has 4 rings (SSSR count). The molecule has 4 heteroatoms. The van der Waals surface area contributed by atoms with Crippen molar-refractivity contribution in [2.75, 3.05) is 5.32 Å². The van der Waals surface area contributed by atoms with Gasteiger partial charge in [-0.25, -0.2) is 4.98 Å². The summed E-state index contributed by atoms with van der Waals surface area (Å²) in [6, 6.07) is 20.2. The summed E-state index contributed by atoms with van der Waals surface area (Å²) >= 11 is 7.57. The zero-order chi connectivity index (χ0) is 14.2. The van der Waals surface area contributed by atoms with Crippen molar-refractivity contribution < 1.29 is 0 Å². The third-order valence-corrected chi connectivity index (χ3v) is 4.65. The molecule has 0 saturated heterocycles. The van der Waals surface area contributed by atoms with Crippen LogP contribution >= 0.6 is 22.9 Å². The number of halogens is 1. The Morgan fingerprint density at radius 3 is 2.57 bits per heavy atom. The number of anilines is 2. The molecule has 0 aliphatic carbocycles. The fourth-order valence-electron chi connectivity index (χ4n) is 2.37. The van der Waals surface area contributed by atoms with Crippen LogP contribution < -0.4 is 5.32 Å². The first-order chi connectivity index (χ1) is 10.3. The Kier molecular flexibility index (Phi) is 3.02. The van der Waals surface area contributed by atoms with Crippen LogP contribution in [0.2, 0.25) is 5.02 Å². The van der Waals surface area contributed by atoms with Crippen LogP contribution in [-0.2, 0) is 0 Å². The molecule has 102 valence electrons. The Hall–Kier alpha value is -2.10. The zero-order valence-electron chi connectivity index (χ0n) is 11.0. The van der Waals surface area contributed by atoms with E-state index in [0.29, 0.717) is 0 Å². The molecule has 0 bridgehead atoms. The number of rotatable bonds is 2. The van der Waals surface area contributed by atoms with Crippen molar-refractivity contribution in [1.82, 2.24) is 4.98 Å².